The van der Waals surface area contributed by atoms with Gasteiger partial charge in [-0.2, -0.15) is 5.26 Å². The molecule has 0 saturated carbocycles. The zero-order chi connectivity index (χ0) is 22.7. The topological polar surface area (TPSA) is 84.0 Å². The van der Waals surface area contributed by atoms with Crippen molar-refractivity contribution in [3.05, 3.63) is 58.3 Å². The number of benzene rings is 1. The Morgan fingerprint density at radius 1 is 1.09 bits per heavy atom. The van der Waals surface area contributed by atoms with Gasteiger partial charge in [-0.25, -0.2) is 14.4 Å². The zero-order valence-corrected chi connectivity index (χ0v) is 18.1. The van der Waals surface area contributed by atoms with Gasteiger partial charge in [0.25, 0.3) is 5.56 Å². The Morgan fingerprint density at radius 2 is 1.81 bits per heavy atom. The fraction of sp³-hybridized carbons (Fsp3) is 0.333. The van der Waals surface area contributed by atoms with Crippen LogP contribution in [0.1, 0.15) is 31.2 Å². The summed E-state index contributed by atoms with van der Waals surface area (Å²) in [6.45, 7) is 1.62. The van der Waals surface area contributed by atoms with Gasteiger partial charge in [-0.15, -0.1) is 0 Å². The van der Waals surface area contributed by atoms with Crippen molar-refractivity contribution in [2.75, 3.05) is 25.1 Å². The first kappa shape index (κ1) is 21.5. The molecule has 164 valence electrons. The zero-order valence-electron chi connectivity index (χ0n) is 18.1. The standard InChI is InChI=1S/C24H24FN5O2/c1-29-23(31)21(18-9-10-20(32-2)27-15-18)22(16-7-8-17(14-26)19(25)13-16)28-24(29)30-11-5-3-4-6-12-30/h7-10,13,15H,3-6,11-12H2,1-2H3. The Balaban J connectivity index is 1.95. The largest absolute Gasteiger partial charge is 0.481 e. The van der Waals surface area contributed by atoms with Crippen molar-refractivity contribution < 1.29 is 9.13 Å². The summed E-state index contributed by atoms with van der Waals surface area (Å²) in [4.78, 5) is 24.8. The lowest BCUT2D eigenvalue weighted by molar-refractivity contribution is 0.398. The fourth-order valence-corrected chi connectivity index (χ4v) is 4.02. The van der Waals surface area contributed by atoms with Crippen molar-refractivity contribution in [2.45, 2.75) is 25.7 Å². The number of rotatable bonds is 4. The smallest absolute Gasteiger partial charge is 0.263 e. The fourth-order valence-electron chi connectivity index (χ4n) is 4.02. The van der Waals surface area contributed by atoms with E-state index in [9.17, 15) is 9.18 Å². The molecule has 0 aliphatic carbocycles. The molecule has 2 aromatic heterocycles. The Kier molecular flexibility index (Phi) is 6.17. The SMILES string of the molecule is COc1ccc(-c2c(-c3ccc(C#N)c(F)c3)nc(N3CCCCCC3)n(C)c2=O)cn1. The van der Waals surface area contributed by atoms with Crippen LogP contribution in [0, 0.1) is 17.1 Å². The van der Waals surface area contributed by atoms with Gasteiger partial charge in [0.2, 0.25) is 11.8 Å². The van der Waals surface area contributed by atoms with Gasteiger partial charge < -0.3 is 9.64 Å². The minimum atomic E-state index is -0.650. The number of pyridine rings is 1. The predicted molar refractivity (Wildman–Crippen MR) is 120 cm³/mol. The summed E-state index contributed by atoms with van der Waals surface area (Å²) in [7, 11) is 3.22. The Labute approximate surface area is 185 Å². The second-order valence-corrected chi connectivity index (χ2v) is 7.80. The average molecular weight is 433 g/mol. The van der Waals surface area contributed by atoms with E-state index in [1.165, 1.54) is 19.2 Å². The van der Waals surface area contributed by atoms with E-state index < -0.39 is 5.82 Å². The average Bonchev–Trinajstić information content (AvgIpc) is 3.10. The third kappa shape index (κ3) is 4.06. The molecule has 1 aliphatic rings. The van der Waals surface area contributed by atoms with Gasteiger partial charge in [0.1, 0.15) is 11.9 Å². The number of hydrogen-bond donors (Lipinski definition) is 0. The lowest BCUT2D eigenvalue weighted by Gasteiger charge is -2.25. The van der Waals surface area contributed by atoms with E-state index >= 15 is 0 Å². The molecule has 0 atom stereocenters. The van der Waals surface area contributed by atoms with Crippen LogP contribution >= 0.6 is 0 Å². The Morgan fingerprint density at radius 3 is 2.41 bits per heavy atom. The van der Waals surface area contributed by atoms with Gasteiger partial charge in [0, 0.05) is 43.5 Å². The molecule has 0 bridgehead atoms. The molecule has 1 saturated heterocycles. The first-order chi connectivity index (χ1) is 15.5. The number of anilines is 1. The second-order valence-electron chi connectivity index (χ2n) is 7.80. The molecular formula is C24H24FN5O2. The number of ether oxygens (including phenoxy) is 1. The monoisotopic (exact) mass is 433 g/mol. The van der Waals surface area contributed by atoms with Crippen LogP contribution in [0.15, 0.2) is 41.3 Å². The van der Waals surface area contributed by atoms with E-state index in [2.05, 4.69) is 9.88 Å². The number of aromatic nitrogens is 3. The highest BCUT2D eigenvalue weighted by atomic mass is 19.1. The lowest BCUT2D eigenvalue weighted by Crippen LogP contribution is -2.33. The highest BCUT2D eigenvalue weighted by Gasteiger charge is 2.22. The number of nitriles is 1. The van der Waals surface area contributed by atoms with Crippen LogP contribution in [0.25, 0.3) is 22.4 Å². The van der Waals surface area contributed by atoms with Crippen LogP contribution in [0.5, 0.6) is 5.88 Å². The van der Waals surface area contributed by atoms with Crippen molar-refractivity contribution in [1.29, 1.82) is 5.26 Å². The van der Waals surface area contributed by atoms with Crippen LogP contribution in [0.4, 0.5) is 10.3 Å². The third-order valence-electron chi connectivity index (χ3n) is 5.75. The molecule has 3 heterocycles. The van der Waals surface area contributed by atoms with Gasteiger partial charge in [-0.05, 0) is 31.0 Å². The maximum atomic E-state index is 14.5. The van der Waals surface area contributed by atoms with Crippen molar-refractivity contribution >= 4 is 5.95 Å². The Bertz CT molecular complexity index is 1220. The van der Waals surface area contributed by atoms with Gasteiger partial charge >= 0.3 is 0 Å². The summed E-state index contributed by atoms with van der Waals surface area (Å²) in [5.74, 6) is 0.329. The molecule has 4 rings (SSSR count). The first-order valence-corrected chi connectivity index (χ1v) is 10.6. The van der Waals surface area contributed by atoms with Crippen molar-refractivity contribution in [3.63, 3.8) is 0 Å². The molecule has 1 fully saturated rings. The minimum absolute atomic E-state index is 0.0574. The molecule has 1 aliphatic heterocycles. The summed E-state index contributed by atoms with van der Waals surface area (Å²) >= 11 is 0. The van der Waals surface area contributed by atoms with Crippen molar-refractivity contribution in [3.8, 4) is 34.3 Å². The van der Waals surface area contributed by atoms with Crippen LogP contribution in [0.2, 0.25) is 0 Å². The highest BCUT2D eigenvalue weighted by molar-refractivity contribution is 5.81. The molecule has 7 nitrogen and oxygen atoms in total. The van der Waals surface area contributed by atoms with Crippen molar-refractivity contribution in [1.82, 2.24) is 14.5 Å². The van der Waals surface area contributed by atoms with E-state index in [0.717, 1.165) is 38.8 Å². The van der Waals surface area contributed by atoms with Gasteiger partial charge in [-0.1, -0.05) is 18.9 Å². The normalized spacial score (nSPS) is 14.0. The summed E-state index contributed by atoms with van der Waals surface area (Å²) < 4.78 is 21.2. The number of methoxy groups -OCH3 is 1. The lowest BCUT2D eigenvalue weighted by atomic mass is 10.0. The quantitative estimate of drug-likeness (QED) is 0.620. The van der Waals surface area contributed by atoms with E-state index in [-0.39, 0.29) is 11.1 Å². The summed E-state index contributed by atoms with van der Waals surface area (Å²) in [6, 6.07) is 9.52. The number of nitrogens with zero attached hydrogens (tertiary/aromatic N) is 5. The predicted octanol–water partition coefficient (Wildman–Crippen LogP) is 3.91. The maximum absolute atomic E-state index is 14.5. The van der Waals surface area contributed by atoms with Crippen LogP contribution < -0.4 is 15.2 Å². The Hall–Kier alpha value is -3.73. The van der Waals surface area contributed by atoms with Gasteiger partial charge in [0.05, 0.1) is 23.9 Å². The van der Waals surface area contributed by atoms with Crippen LogP contribution in [-0.2, 0) is 7.05 Å². The molecule has 32 heavy (non-hydrogen) atoms. The molecule has 0 radical (unpaired) electrons. The highest BCUT2D eigenvalue weighted by Crippen LogP contribution is 2.31. The van der Waals surface area contributed by atoms with Crippen molar-refractivity contribution in [2.24, 2.45) is 7.05 Å². The number of halogens is 1. The molecule has 0 spiro atoms. The van der Waals surface area contributed by atoms with E-state index in [1.807, 2.05) is 6.07 Å². The number of hydrogen-bond acceptors (Lipinski definition) is 6. The molecule has 1 aromatic carbocycles. The minimum Gasteiger partial charge on any atom is -0.481 e. The third-order valence-corrected chi connectivity index (χ3v) is 5.75. The summed E-state index contributed by atoms with van der Waals surface area (Å²) in [6.07, 6.45) is 5.90. The van der Waals surface area contributed by atoms with Crippen LogP contribution in [-0.4, -0.2) is 34.7 Å². The summed E-state index contributed by atoms with van der Waals surface area (Å²) in [5, 5.41) is 9.10. The van der Waals surface area contributed by atoms with Crippen LogP contribution in [0.3, 0.4) is 0 Å². The summed E-state index contributed by atoms with van der Waals surface area (Å²) in [5.41, 5.74) is 1.37. The van der Waals surface area contributed by atoms with E-state index in [0.29, 0.717) is 34.2 Å². The molecule has 0 amide bonds. The first-order valence-electron chi connectivity index (χ1n) is 10.6. The molecule has 0 unspecified atom stereocenters. The second kappa shape index (κ2) is 9.18. The van der Waals surface area contributed by atoms with E-state index in [4.69, 9.17) is 15.0 Å². The van der Waals surface area contributed by atoms with Gasteiger partial charge in [0.15, 0.2) is 0 Å². The molecule has 3 aromatic rings. The molecule has 0 N–H and O–H groups in total. The molecular weight excluding hydrogens is 409 g/mol. The van der Waals surface area contributed by atoms with Gasteiger partial charge in [-0.3, -0.25) is 9.36 Å². The maximum Gasteiger partial charge on any atom is 0.263 e. The van der Waals surface area contributed by atoms with E-state index in [1.54, 1.807) is 36.0 Å². The molecule has 8 heteroatoms.